The van der Waals surface area contributed by atoms with Crippen molar-refractivity contribution in [2.45, 2.75) is 26.9 Å². The second-order valence-electron chi connectivity index (χ2n) is 5.91. The largest absolute Gasteiger partial charge is 0.488 e. The van der Waals surface area contributed by atoms with E-state index < -0.39 is 11.8 Å². The third-order valence-corrected chi connectivity index (χ3v) is 3.83. The summed E-state index contributed by atoms with van der Waals surface area (Å²) in [6.07, 6.45) is 2.13. The number of nitrogens with one attached hydrogen (secondary N) is 2. The number of carbonyl (C=O) groups is 2. The smallest absolute Gasteiger partial charge is 0.329 e. The van der Waals surface area contributed by atoms with Gasteiger partial charge in [-0.25, -0.2) is 5.43 Å². The van der Waals surface area contributed by atoms with Crippen molar-refractivity contribution < 1.29 is 14.3 Å². The maximum Gasteiger partial charge on any atom is 0.329 e. The van der Waals surface area contributed by atoms with E-state index in [1.807, 2.05) is 38.1 Å². The van der Waals surface area contributed by atoms with Crippen molar-refractivity contribution in [2.75, 3.05) is 6.54 Å². The van der Waals surface area contributed by atoms with Gasteiger partial charge < -0.3 is 10.1 Å². The first-order valence-corrected chi connectivity index (χ1v) is 8.96. The van der Waals surface area contributed by atoms with E-state index in [9.17, 15) is 9.59 Å². The highest BCUT2D eigenvalue weighted by molar-refractivity contribution is 6.35. The Morgan fingerprint density at radius 3 is 2.59 bits per heavy atom. The first-order chi connectivity index (χ1) is 13.0. The number of rotatable bonds is 7. The molecule has 2 amide bonds. The quantitative estimate of drug-likeness (QED) is 0.435. The van der Waals surface area contributed by atoms with Gasteiger partial charge in [-0.1, -0.05) is 48.4 Å². The number of hydrogen-bond acceptors (Lipinski definition) is 4. The van der Waals surface area contributed by atoms with Crippen LogP contribution in [-0.2, 0) is 16.2 Å². The highest BCUT2D eigenvalue weighted by Crippen LogP contribution is 2.22. The lowest BCUT2D eigenvalue weighted by molar-refractivity contribution is -0.139. The van der Waals surface area contributed by atoms with Crippen molar-refractivity contribution in [1.82, 2.24) is 10.7 Å². The number of nitrogens with zero attached hydrogens (tertiary/aromatic N) is 1. The number of carbonyl (C=O) groups excluding carboxylic acids is 2. The van der Waals surface area contributed by atoms with E-state index in [1.165, 1.54) is 11.8 Å². The molecule has 0 bridgehead atoms. The normalized spacial score (nSPS) is 10.6. The maximum atomic E-state index is 11.6. The lowest BCUT2D eigenvalue weighted by atomic mass is 10.1. The zero-order valence-corrected chi connectivity index (χ0v) is 16.0. The molecule has 0 saturated heterocycles. The Labute approximate surface area is 163 Å². The van der Waals surface area contributed by atoms with Crippen molar-refractivity contribution in [1.29, 1.82) is 0 Å². The molecule has 0 saturated carbocycles. The Morgan fingerprint density at radius 1 is 1.15 bits per heavy atom. The Balaban J connectivity index is 2.01. The number of ether oxygens (including phenoxy) is 1. The summed E-state index contributed by atoms with van der Waals surface area (Å²) in [4.78, 5) is 23.1. The summed E-state index contributed by atoms with van der Waals surface area (Å²) in [6.45, 7) is 4.73. The Morgan fingerprint density at radius 2 is 1.89 bits per heavy atom. The molecule has 0 atom stereocenters. The van der Waals surface area contributed by atoms with E-state index in [-0.39, 0.29) is 0 Å². The summed E-state index contributed by atoms with van der Waals surface area (Å²) in [5.41, 5.74) is 4.98. The number of hydrazone groups is 1. The summed E-state index contributed by atoms with van der Waals surface area (Å²) in [7, 11) is 0. The third-order valence-electron chi connectivity index (χ3n) is 3.60. The molecule has 0 aliphatic rings. The maximum absolute atomic E-state index is 11.6. The molecule has 2 aromatic carbocycles. The van der Waals surface area contributed by atoms with Crippen molar-refractivity contribution >= 4 is 29.6 Å². The topological polar surface area (TPSA) is 79.8 Å². The molecule has 0 unspecified atom stereocenters. The molecule has 0 fully saturated rings. The van der Waals surface area contributed by atoms with Crippen LogP contribution in [-0.4, -0.2) is 24.6 Å². The van der Waals surface area contributed by atoms with Crippen LogP contribution in [0.3, 0.4) is 0 Å². The van der Waals surface area contributed by atoms with Gasteiger partial charge in [0.05, 0.1) is 6.21 Å². The molecular formula is C20H22ClN3O3. The number of benzene rings is 2. The molecule has 0 spiro atoms. The van der Waals surface area contributed by atoms with E-state index in [0.29, 0.717) is 29.5 Å². The molecule has 0 aromatic heterocycles. The van der Waals surface area contributed by atoms with Crippen molar-refractivity contribution in [3.05, 3.63) is 64.2 Å². The van der Waals surface area contributed by atoms with Gasteiger partial charge in [0.1, 0.15) is 12.4 Å². The van der Waals surface area contributed by atoms with Gasteiger partial charge in [0.25, 0.3) is 0 Å². The zero-order chi connectivity index (χ0) is 19.6. The molecule has 6 nitrogen and oxygen atoms in total. The fraction of sp³-hybridized carbons (Fsp3) is 0.250. The van der Waals surface area contributed by atoms with E-state index in [1.54, 1.807) is 18.2 Å². The average Bonchev–Trinajstić information content (AvgIpc) is 2.66. The van der Waals surface area contributed by atoms with Gasteiger partial charge in [-0.2, -0.15) is 5.10 Å². The summed E-state index contributed by atoms with van der Waals surface area (Å²) in [5.74, 6) is -0.992. The summed E-state index contributed by atoms with van der Waals surface area (Å²) < 4.78 is 5.83. The number of aryl methyl sites for hydroxylation is 1. The Bertz CT molecular complexity index is 820. The number of hydrogen-bond donors (Lipinski definition) is 2. The first kappa shape index (κ1) is 20.5. The van der Waals surface area contributed by atoms with Crippen molar-refractivity contribution in [2.24, 2.45) is 5.10 Å². The molecule has 27 heavy (non-hydrogen) atoms. The highest BCUT2D eigenvalue weighted by Gasteiger charge is 2.11. The van der Waals surface area contributed by atoms with Crippen LogP contribution >= 0.6 is 11.6 Å². The standard InChI is InChI=1S/C20H22ClN3O3/c1-3-10-22-19(25)20(26)24-23-12-16-11-17(21)8-9-18(16)27-13-15-6-4-14(2)5-7-15/h4-9,11-12H,3,10,13H2,1-2H3,(H,22,25)(H,24,26)/b23-12-. The number of amides is 2. The fourth-order valence-corrected chi connectivity index (χ4v) is 2.31. The SMILES string of the molecule is CCCNC(=O)C(=O)N/N=C\c1cc(Cl)ccc1OCc1ccc(C)cc1. The summed E-state index contributed by atoms with van der Waals surface area (Å²) in [5, 5.41) is 6.79. The third kappa shape index (κ3) is 6.75. The van der Waals surface area contributed by atoms with Crippen LogP contribution in [0.2, 0.25) is 5.02 Å². The van der Waals surface area contributed by atoms with Crippen LogP contribution in [0.15, 0.2) is 47.6 Å². The first-order valence-electron chi connectivity index (χ1n) is 8.58. The fourth-order valence-electron chi connectivity index (χ4n) is 2.13. The lowest BCUT2D eigenvalue weighted by Crippen LogP contribution is -2.38. The van der Waals surface area contributed by atoms with E-state index in [0.717, 1.165) is 12.0 Å². The molecule has 0 aliphatic carbocycles. The molecule has 7 heteroatoms. The van der Waals surface area contributed by atoms with Crippen molar-refractivity contribution in [3.63, 3.8) is 0 Å². The zero-order valence-electron chi connectivity index (χ0n) is 15.3. The molecule has 0 radical (unpaired) electrons. The van der Waals surface area contributed by atoms with Gasteiger partial charge in [-0.05, 0) is 37.1 Å². The minimum atomic E-state index is -0.830. The second-order valence-corrected chi connectivity index (χ2v) is 6.35. The van der Waals surface area contributed by atoms with Gasteiger partial charge in [0.15, 0.2) is 0 Å². The predicted molar refractivity (Wildman–Crippen MR) is 106 cm³/mol. The van der Waals surface area contributed by atoms with Gasteiger partial charge in [-0.3, -0.25) is 9.59 Å². The van der Waals surface area contributed by atoms with Crippen LogP contribution in [0.25, 0.3) is 0 Å². The van der Waals surface area contributed by atoms with Gasteiger partial charge in [0.2, 0.25) is 0 Å². The monoisotopic (exact) mass is 387 g/mol. The summed E-state index contributed by atoms with van der Waals surface area (Å²) in [6, 6.07) is 13.1. The van der Waals surface area contributed by atoms with E-state index in [2.05, 4.69) is 15.8 Å². The molecular weight excluding hydrogens is 366 g/mol. The van der Waals surface area contributed by atoms with Crippen LogP contribution in [0.5, 0.6) is 5.75 Å². The Kier molecular flexibility index (Phi) is 7.82. The molecule has 0 heterocycles. The van der Waals surface area contributed by atoms with Crippen LogP contribution in [0.1, 0.15) is 30.0 Å². The van der Waals surface area contributed by atoms with Gasteiger partial charge in [-0.15, -0.1) is 0 Å². The van der Waals surface area contributed by atoms with E-state index >= 15 is 0 Å². The Hall–Kier alpha value is -2.86. The minimum Gasteiger partial charge on any atom is -0.488 e. The molecule has 2 N–H and O–H groups in total. The minimum absolute atomic E-state index is 0.383. The lowest BCUT2D eigenvalue weighted by Gasteiger charge is -2.10. The predicted octanol–water partition coefficient (Wildman–Crippen LogP) is 3.20. The highest BCUT2D eigenvalue weighted by atomic mass is 35.5. The average molecular weight is 388 g/mol. The van der Waals surface area contributed by atoms with Crippen molar-refractivity contribution in [3.8, 4) is 5.75 Å². The van der Waals surface area contributed by atoms with Gasteiger partial charge in [0, 0.05) is 17.1 Å². The van der Waals surface area contributed by atoms with Crippen LogP contribution < -0.4 is 15.5 Å². The molecule has 142 valence electrons. The molecule has 2 aromatic rings. The number of halogens is 1. The van der Waals surface area contributed by atoms with Gasteiger partial charge >= 0.3 is 11.8 Å². The summed E-state index contributed by atoms with van der Waals surface area (Å²) >= 11 is 6.03. The second kappa shape index (κ2) is 10.3. The molecule has 0 aliphatic heterocycles. The molecule has 2 rings (SSSR count). The van der Waals surface area contributed by atoms with Crippen LogP contribution in [0.4, 0.5) is 0 Å². The van der Waals surface area contributed by atoms with Crippen LogP contribution in [0, 0.1) is 6.92 Å². The van der Waals surface area contributed by atoms with E-state index in [4.69, 9.17) is 16.3 Å².